The topological polar surface area (TPSA) is 64.3 Å². The fourth-order valence-electron chi connectivity index (χ4n) is 1.87. The molecule has 0 aromatic carbocycles. The van der Waals surface area contributed by atoms with Gasteiger partial charge in [0.15, 0.2) is 0 Å². The molecule has 1 aliphatic rings. The highest BCUT2D eigenvalue weighted by Crippen LogP contribution is 2.19. The molecule has 0 saturated heterocycles. The highest BCUT2D eigenvalue weighted by atomic mass is 16.5. The van der Waals surface area contributed by atoms with Gasteiger partial charge in [0, 0.05) is 19.0 Å². The lowest BCUT2D eigenvalue weighted by Gasteiger charge is -2.26. The van der Waals surface area contributed by atoms with Gasteiger partial charge in [0.2, 0.25) is 5.91 Å². The van der Waals surface area contributed by atoms with E-state index in [0.29, 0.717) is 31.7 Å². The van der Waals surface area contributed by atoms with Crippen molar-refractivity contribution in [1.29, 1.82) is 0 Å². The van der Waals surface area contributed by atoms with E-state index in [-0.39, 0.29) is 5.91 Å². The van der Waals surface area contributed by atoms with Crippen LogP contribution in [-0.4, -0.2) is 31.2 Å². The van der Waals surface area contributed by atoms with E-state index in [1.807, 2.05) is 0 Å². The number of amides is 1. The average molecular weight is 226 g/mol. The Hall–Kier alpha value is -0.870. The molecule has 0 aromatic rings. The Morgan fingerprint density at radius 3 is 2.75 bits per heavy atom. The van der Waals surface area contributed by atoms with E-state index in [1.165, 1.54) is 0 Å². The molecule has 92 valence electrons. The Morgan fingerprint density at radius 2 is 2.12 bits per heavy atom. The summed E-state index contributed by atoms with van der Waals surface area (Å²) in [7, 11) is 0. The van der Waals surface area contributed by atoms with Gasteiger partial charge < -0.3 is 15.8 Å². The van der Waals surface area contributed by atoms with Crippen LogP contribution < -0.4 is 11.1 Å². The van der Waals surface area contributed by atoms with Crippen LogP contribution in [0.3, 0.4) is 0 Å². The molecule has 0 bridgehead atoms. The molecule has 3 N–H and O–H groups in total. The SMILES string of the molecule is C=CCC(=O)NCCOC1CCC(N)CC1. The lowest BCUT2D eigenvalue weighted by Crippen LogP contribution is -2.32. The summed E-state index contributed by atoms with van der Waals surface area (Å²) in [6.45, 7) is 4.67. The first-order valence-corrected chi connectivity index (χ1v) is 5.97. The highest BCUT2D eigenvalue weighted by Gasteiger charge is 2.18. The summed E-state index contributed by atoms with van der Waals surface area (Å²) >= 11 is 0. The summed E-state index contributed by atoms with van der Waals surface area (Å²) in [5, 5.41) is 2.77. The average Bonchev–Trinajstić information content (AvgIpc) is 2.27. The third kappa shape index (κ3) is 5.28. The van der Waals surface area contributed by atoms with Gasteiger partial charge in [-0.05, 0) is 25.7 Å². The van der Waals surface area contributed by atoms with Crippen LogP contribution in [0.25, 0.3) is 0 Å². The molecule has 1 fully saturated rings. The van der Waals surface area contributed by atoms with Crippen LogP contribution in [0.4, 0.5) is 0 Å². The predicted octanol–water partition coefficient (Wildman–Crippen LogP) is 0.965. The number of nitrogens with one attached hydrogen (secondary N) is 1. The van der Waals surface area contributed by atoms with Gasteiger partial charge in [-0.1, -0.05) is 6.08 Å². The van der Waals surface area contributed by atoms with Gasteiger partial charge in [0.25, 0.3) is 0 Å². The van der Waals surface area contributed by atoms with Crippen molar-refractivity contribution in [3.63, 3.8) is 0 Å². The minimum atomic E-state index is 0.00395. The van der Waals surface area contributed by atoms with Crippen LogP contribution in [0.15, 0.2) is 12.7 Å². The second-order valence-corrected chi connectivity index (χ2v) is 4.25. The van der Waals surface area contributed by atoms with Crippen LogP contribution in [0.1, 0.15) is 32.1 Å². The maximum Gasteiger partial charge on any atom is 0.223 e. The lowest BCUT2D eigenvalue weighted by molar-refractivity contribution is -0.120. The first-order valence-electron chi connectivity index (χ1n) is 5.97. The van der Waals surface area contributed by atoms with Crippen molar-refractivity contribution in [2.75, 3.05) is 13.2 Å². The second kappa shape index (κ2) is 7.41. The van der Waals surface area contributed by atoms with Crippen molar-refractivity contribution in [2.45, 2.75) is 44.2 Å². The monoisotopic (exact) mass is 226 g/mol. The first-order chi connectivity index (χ1) is 7.72. The fraction of sp³-hybridized carbons (Fsp3) is 0.750. The molecule has 1 rings (SSSR count). The molecule has 0 aliphatic heterocycles. The Balaban J connectivity index is 1.99. The quantitative estimate of drug-likeness (QED) is 0.524. The summed E-state index contributed by atoms with van der Waals surface area (Å²) in [5.74, 6) is 0.00395. The molecular weight excluding hydrogens is 204 g/mol. The normalized spacial score (nSPS) is 25.1. The van der Waals surface area contributed by atoms with Gasteiger partial charge in [-0.2, -0.15) is 0 Å². The molecule has 1 aliphatic carbocycles. The van der Waals surface area contributed by atoms with Gasteiger partial charge in [0.1, 0.15) is 0 Å². The predicted molar refractivity (Wildman–Crippen MR) is 64.0 cm³/mol. The smallest absolute Gasteiger partial charge is 0.223 e. The molecule has 16 heavy (non-hydrogen) atoms. The molecule has 1 amide bonds. The summed E-state index contributed by atoms with van der Waals surface area (Å²) < 4.78 is 5.66. The molecule has 4 nitrogen and oxygen atoms in total. The minimum Gasteiger partial charge on any atom is -0.376 e. The first kappa shape index (κ1) is 13.2. The van der Waals surface area contributed by atoms with Crippen molar-refractivity contribution < 1.29 is 9.53 Å². The van der Waals surface area contributed by atoms with Gasteiger partial charge in [-0.3, -0.25) is 4.79 Å². The van der Waals surface area contributed by atoms with Gasteiger partial charge >= 0.3 is 0 Å². The number of rotatable bonds is 6. The molecule has 4 heteroatoms. The molecule has 0 spiro atoms. The van der Waals surface area contributed by atoms with E-state index in [9.17, 15) is 4.79 Å². The van der Waals surface area contributed by atoms with E-state index in [0.717, 1.165) is 25.7 Å². The highest BCUT2D eigenvalue weighted by molar-refractivity contribution is 5.77. The van der Waals surface area contributed by atoms with E-state index in [4.69, 9.17) is 10.5 Å². The molecule has 0 atom stereocenters. The van der Waals surface area contributed by atoms with Crippen LogP contribution in [-0.2, 0) is 9.53 Å². The number of carbonyl (C=O) groups excluding carboxylic acids is 1. The van der Waals surface area contributed by atoms with Crippen LogP contribution in [0.2, 0.25) is 0 Å². The molecule has 0 heterocycles. The van der Waals surface area contributed by atoms with Crippen LogP contribution in [0.5, 0.6) is 0 Å². The van der Waals surface area contributed by atoms with E-state index in [1.54, 1.807) is 6.08 Å². The maximum atomic E-state index is 11.1. The zero-order chi connectivity index (χ0) is 11.8. The van der Waals surface area contributed by atoms with Crippen LogP contribution in [0, 0.1) is 0 Å². The summed E-state index contributed by atoms with van der Waals surface area (Å²) in [6, 6.07) is 0.354. The van der Waals surface area contributed by atoms with Crippen molar-refractivity contribution in [1.82, 2.24) is 5.32 Å². The number of ether oxygens (including phenoxy) is 1. The Bertz CT molecular complexity index is 223. The number of hydrogen-bond donors (Lipinski definition) is 2. The molecule has 0 unspecified atom stereocenters. The molecular formula is C12H22N2O2. The molecule has 0 aromatic heterocycles. The van der Waals surface area contributed by atoms with Gasteiger partial charge in [-0.15, -0.1) is 6.58 Å². The van der Waals surface area contributed by atoms with E-state index < -0.39 is 0 Å². The second-order valence-electron chi connectivity index (χ2n) is 4.25. The zero-order valence-corrected chi connectivity index (χ0v) is 9.78. The largest absolute Gasteiger partial charge is 0.376 e. The third-order valence-electron chi connectivity index (χ3n) is 2.83. The molecule has 1 saturated carbocycles. The summed E-state index contributed by atoms with van der Waals surface area (Å²) in [6.07, 6.45) is 6.48. The van der Waals surface area contributed by atoms with Gasteiger partial charge in [-0.25, -0.2) is 0 Å². The van der Waals surface area contributed by atoms with Crippen molar-refractivity contribution in [2.24, 2.45) is 5.73 Å². The number of nitrogens with two attached hydrogens (primary N) is 1. The van der Waals surface area contributed by atoms with Crippen molar-refractivity contribution >= 4 is 5.91 Å². The Labute approximate surface area is 97.2 Å². The zero-order valence-electron chi connectivity index (χ0n) is 9.78. The minimum absolute atomic E-state index is 0.00395. The van der Waals surface area contributed by atoms with Crippen molar-refractivity contribution in [3.05, 3.63) is 12.7 Å². The summed E-state index contributed by atoms with van der Waals surface area (Å²) in [4.78, 5) is 11.1. The maximum absolute atomic E-state index is 11.1. The Kier molecular flexibility index (Phi) is 6.11. The summed E-state index contributed by atoms with van der Waals surface area (Å²) in [5.41, 5.74) is 5.80. The van der Waals surface area contributed by atoms with Crippen molar-refractivity contribution in [3.8, 4) is 0 Å². The number of hydrogen-bond acceptors (Lipinski definition) is 3. The Morgan fingerprint density at radius 1 is 1.44 bits per heavy atom. The standard InChI is InChI=1S/C12H22N2O2/c1-2-3-12(15)14-8-9-16-11-6-4-10(13)5-7-11/h2,10-11H,1,3-9,13H2,(H,14,15). The van der Waals surface area contributed by atoms with E-state index in [2.05, 4.69) is 11.9 Å². The molecule has 0 radical (unpaired) electrons. The van der Waals surface area contributed by atoms with E-state index >= 15 is 0 Å². The van der Waals surface area contributed by atoms with Gasteiger partial charge in [0.05, 0.1) is 12.7 Å². The number of carbonyl (C=O) groups is 1. The lowest BCUT2D eigenvalue weighted by atomic mass is 9.94. The van der Waals surface area contributed by atoms with Crippen LogP contribution >= 0.6 is 0 Å². The fourth-order valence-corrected chi connectivity index (χ4v) is 1.87. The third-order valence-corrected chi connectivity index (χ3v) is 2.83.